The second kappa shape index (κ2) is 3.25. The molecule has 0 saturated heterocycles. The molecule has 0 unspecified atom stereocenters. The molecule has 2 rings (SSSR count). The summed E-state index contributed by atoms with van der Waals surface area (Å²) in [4.78, 5) is 11.5. The number of hydrogen-bond donors (Lipinski definition) is 0. The number of aryl methyl sites for hydroxylation is 1. The summed E-state index contributed by atoms with van der Waals surface area (Å²) in [6, 6.07) is 5.37. The zero-order valence-corrected chi connectivity index (χ0v) is 7.71. The maximum absolute atomic E-state index is 12.8. The highest BCUT2D eigenvalue weighted by Crippen LogP contribution is 2.13. The summed E-state index contributed by atoms with van der Waals surface area (Å²) in [7, 11) is 0. The zero-order chi connectivity index (χ0) is 10.1. The van der Waals surface area contributed by atoms with Gasteiger partial charge in [0.2, 0.25) is 0 Å². The van der Waals surface area contributed by atoms with Crippen molar-refractivity contribution in [2.24, 2.45) is 0 Å². The number of fused-ring (bicyclic) bond motifs is 1. The minimum Gasteiger partial charge on any atom is -0.461 e. The molecule has 0 aliphatic heterocycles. The van der Waals surface area contributed by atoms with Gasteiger partial charge in [-0.2, -0.15) is 0 Å². The van der Waals surface area contributed by atoms with Crippen molar-refractivity contribution in [1.29, 1.82) is 0 Å². The molecular formula is C11H9FO2. The molecule has 2 aromatic rings. The summed E-state index contributed by atoms with van der Waals surface area (Å²) in [6.45, 7) is 1.88. The molecule has 1 aromatic heterocycles. The largest absolute Gasteiger partial charge is 0.461 e. The molecule has 1 aromatic carbocycles. The van der Waals surface area contributed by atoms with Gasteiger partial charge in [0.25, 0.3) is 0 Å². The third-order valence-electron chi connectivity index (χ3n) is 2.09. The molecule has 0 radical (unpaired) electrons. The smallest absolute Gasteiger partial charge is 0.192 e. The molecule has 72 valence electrons. The van der Waals surface area contributed by atoms with E-state index < -0.39 is 5.82 Å². The molecular weight excluding hydrogens is 183 g/mol. The fourth-order valence-electron chi connectivity index (χ4n) is 1.35. The maximum atomic E-state index is 12.8. The lowest BCUT2D eigenvalue weighted by atomic mass is 10.2. The molecule has 1 heterocycles. The Morgan fingerprint density at radius 2 is 2.14 bits per heavy atom. The topological polar surface area (TPSA) is 30.2 Å². The van der Waals surface area contributed by atoms with Gasteiger partial charge in [-0.25, -0.2) is 4.39 Å². The van der Waals surface area contributed by atoms with Crippen LogP contribution in [0.1, 0.15) is 12.7 Å². The summed E-state index contributed by atoms with van der Waals surface area (Å²) in [5, 5.41) is 0.420. The molecule has 3 heteroatoms. The first-order chi connectivity index (χ1) is 6.70. The van der Waals surface area contributed by atoms with Crippen LogP contribution >= 0.6 is 0 Å². The summed E-state index contributed by atoms with van der Waals surface area (Å²) in [5.74, 6) is 0.182. The highest BCUT2D eigenvalue weighted by molar-refractivity contribution is 5.76. The second-order valence-corrected chi connectivity index (χ2v) is 3.07. The molecule has 0 aliphatic rings. The van der Waals surface area contributed by atoms with Crippen molar-refractivity contribution in [3.05, 3.63) is 46.1 Å². The average Bonchev–Trinajstić information content (AvgIpc) is 2.16. The van der Waals surface area contributed by atoms with Crippen molar-refractivity contribution >= 4 is 11.0 Å². The lowest BCUT2D eigenvalue weighted by Crippen LogP contribution is -2.01. The van der Waals surface area contributed by atoms with Crippen molar-refractivity contribution in [2.75, 3.05) is 0 Å². The van der Waals surface area contributed by atoms with Crippen LogP contribution in [0.2, 0.25) is 0 Å². The highest BCUT2D eigenvalue weighted by atomic mass is 19.1. The first-order valence-corrected chi connectivity index (χ1v) is 4.43. The van der Waals surface area contributed by atoms with E-state index in [-0.39, 0.29) is 5.43 Å². The molecule has 0 spiro atoms. The van der Waals surface area contributed by atoms with Crippen LogP contribution < -0.4 is 5.43 Å². The Morgan fingerprint density at radius 1 is 1.36 bits per heavy atom. The molecule has 0 saturated carbocycles. The van der Waals surface area contributed by atoms with E-state index in [2.05, 4.69) is 0 Å². The predicted octanol–water partition coefficient (Wildman–Crippen LogP) is 2.49. The van der Waals surface area contributed by atoms with Crippen LogP contribution in [-0.4, -0.2) is 0 Å². The van der Waals surface area contributed by atoms with Gasteiger partial charge in [0, 0.05) is 18.6 Å². The van der Waals surface area contributed by atoms with Gasteiger partial charge in [-0.15, -0.1) is 0 Å². The lowest BCUT2D eigenvalue weighted by Gasteiger charge is -1.99. The van der Waals surface area contributed by atoms with Crippen LogP contribution in [0.25, 0.3) is 11.0 Å². The molecule has 14 heavy (non-hydrogen) atoms. The van der Waals surface area contributed by atoms with Crippen molar-refractivity contribution in [3.63, 3.8) is 0 Å². The standard InChI is InChI=1S/C11H9FO2/c1-2-8-6-10(13)9-4-3-7(12)5-11(9)14-8/h3-6H,2H2,1H3. The van der Waals surface area contributed by atoms with Gasteiger partial charge in [-0.05, 0) is 12.1 Å². The first kappa shape index (κ1) is 8.94. The van der Waals surface area contributed by atoms with E-state index in [9.17, 15) is 9.18 Å². The summed E-state index contributed by atoms with van der Waals surface area (Å²) < 4.78 is 18.2. The van der Waals surface area contributed by atoms with Crippen molar-refractivity contribution in [2.45, 2.75) is 13.3 Å². The fraction of sp³-hybridized carbons (Fsp3) is 0.182. The molecule has 0 fully saturated rings. The SMILES string of the molecule is CCc1cc(=O)c2ccc(F)cc2o1. The van der Waals surface area contributed by atoms with E-state index >= 15 is 0 Å². The van der Waals surface area contributed by atoms with E-state index in [1.165, 1.54) is 24.3 Å². The average molecular weight is 192 g/mol. The summed E-state index contributed by atoms with van der Waals surface area (Å²) in [5.41, 5.74) is 0.192. The van der Waals surface area contributed by atoms with E-state index in [1.54, 1.807) is 0 Å². The van der Waals surface area contributed by atoms with Gasteiger partial charge in [-0.3, -0.25) is 4.79 Å². The third kappa shape index (κ3) is 1.41. The highest BCUT2D eigenvalue weighted by Gasteiger charge is 2.04. The fourth-order valence-corrected chi connectivity index (χ4v) is 1.35. The van der Waals surface area contributed by atoms with Crippen LogP contribution in [-0.2, 0) is 6.42 Å². The van der Waals surface area contributed by atoms with E-state index in [0.717, 1.165) is 0 Å². The van der Waals surface area contributed by atoms with Crippen LogP contribution in [0.3, 0.4) is 0 Å². The van der Waals surface area contributed by atoms with Gasteiger partial charge in [0.15, 0.2) is 5.43 Å². The zero-order valence-electron chi connectivity index (χ0n) is 7.71. The van der Waals surface area contributed by atoms with Crippen LogP contribution in [0, 0.1) is 5.82 Å². The predicted molar refractivity (Wildman–Crippen MR) is 51.8 cm³/mol. The quantitative estimate of drug-likeness (QED) is 0.694. The number of halogens is 1. The molecule has 0 N–H and O–H groups in total. The second-order valence-electron chi connectivity index (χ2n) is 3.07. The Morgan fingerprint density at radius 3 is 2.86 bits per heavy atom. The molecule has 0 amide bonds. The number of rotatable bonds is 1. The Balaban J connectivity index is 2.84. The van der Waals surface area contributed by atoms with Gasteiger partial charge < -0.3 is 4.42 Å². The van der Waals surface area contributed by atoms with E-state index in [0.29, 0.717) is 23.2 Å². The first-order valence-electron chi connectivity index (χ1n) is 4.43. The van der Waals surface area contributed by atoms with Gasteiger partial charge in [0.1, 0.15) is 17.2 Å². The molecule has 0 atom stereocenters. The number of hydrogen-bond acceptors (Lipinski definition) is 2. The Labute approximate surface area is 80.0 Å². The Kier molecular flexibility index (Phi) is 2.08. The normalized spacial score (nSPS) is 10.7. The molecule has 2 nitrogen and oxygen atoms in total. The minimum atomic E-state index is -0.395. The van der Waals surface area contributed by atoms with Crippen molar-refractivity contribution in [3.8, 4) is 0 Å². The maximum Gasteiger partial charge on any atom is 0.192 e. The van der Waals surface area contributed by atoms with Crippen molar-refractivity contribution < 1.29 is 8.81 Å². The summed E-state index contributed by atoms with van der Waals surface area (Å²) in [6.07, 6.45) is 0.627. The molecule has 0 aliphatic carbocycles. The van der Waals surface area contributed by atoms with Crippen LogP contribution in [0.5, 0.6) is 0 Å². The Bertz CT molecular complexity index is 528. The van der Waals surface area contributed by atoms with Crippen molar-refractivity contribution in [1.82, 2.24) is 0 Å². The molecule has 0 bridgehead atoms. The lowest BCUT2D eigenvalue weighted by molar-refractivity contribution is 0.538. The Hall–Kier alpha value is -1.64. The summed E-state index contributed by atoms with van der Waals surface area (Å²) >= 11 is 0. The van der Waals surface area contributed by atoms with E-state index in [4.69, 9.17) is 4.42 Å². The van der Waals surface area contributed by atoms with Gasteiger partial charge in [0.05, 0.1) is 5.39 Å². The number of benzene rings is 1. The van der Waals surface area contributed by atoms with Crippen LogP contribution in [0.15, 0.2) is 33.5 Å². The minimum absolute atomic E-state index is 0.122. The van der Waals surface area contributed by atoms with E-state index in [1.807, 2.05) is 6.92 Å². The van der Waals surface area contributed by atoms with Crippen LogP contribution in [0.4, 0.5) is 4.39 Å². The van der Waals surface area contributed by atoms with Gasteiger partial charge in [-0.1, -0.05) is 6.92 Å². The monoisotopic (exact) mass is 192 g/mol. The van der Waals surface area contributed by atoms with Gasteiger partial charge >= 0.3 is 0 Å². The third-order valence-corrected chi connectivity index (χ3v) is 2.09.